The Morgan fingerprint density at radius 3 is 2.42 bits per heavy atom. The highest BCUT2D eigenvalue weighted by atomic mass is 35.5. The lowest BCUT2D eigenvalue weighted by molar-refractivity contribution is 0.439. The van der Waals surface area contributed by atoms with E-state index in [2.05, 4.69) is 15.1 Å². The first-order valence-corrected chi connectivity index (χ1v) is 5.92. The van der Waals surface area contributed by atoms with Crippen LogP contribution in [0.15, 0.2) is 47.2 Å². The highest BCUT2D eigenvalue weighted by Gasteiger charge is 2.18. The summed E-state index contributed by atoms with van der Waals surface area (Å²) in [6, 6.07) is 8.97. The second kappa shape index (κ2) is 4.70. The highest BCUT2D eigenvalue weighted by molar-refractivity contribution is 6.30. The van der Waals surface area contributed by atoms with Gasteiger partial charge in [-0.25, -0.2) is 9.97 Å². The number of hydrogen-bond donors (Lipinski definition) is 1. The number of nitrogens with two attached hydrogens (primary N) is 1. The summed E-state index contributed by atoms with van der Waals surface area (Å²) >= 11 is 5.87. The lowest BCUT2D eigenvalue weighted by atomic mass is 10.1. The summed E-state index contributed by atoms with van der Waals surface area (Å²) in [5.74, 6) is 0.692. The molecule has 0 atom stereocenters. The third kappa shape index (κ3) is 2.15. The van der Waals surface area contributed by atoms with E-state index in [4.69, 9.17) is 21.9 Å². The maximum Gasteiger partial charge on any atom is 0.230 e. The predicted octanol–water partition coefficient (Wildman–Crippen LogP) is 3.03. The van der Waals surface area contributed by atoms with Crippen molar-refractivity contribution < 1.29 is 4.52 Å². The Morgan fingerprint density at radius 2 is 1.74 bits per heavy atom. The zero-order valence-corrected chi connectivity index (χ0v) is 10.5. The molecule has 3 aromatic rings. The van der Waals surface area contributed by atoms with Crippen LogP contribution in [0.4, 0.5) is 5.88 Å². The van der Waals surface area contributed by atoms with Gasteiger partial charge in [0.1, 0.15) is 0 Å². The molecule has 0 bridgehead atoms. The molecule has 0 unspecified atom stereocenters. The number of benzene rings is 1. The van der Waals surface area contributed by atoms with Crippen molar-refractivity contribution >= 4 is 17.5 Å². The van der Waals surface area contributed by atoms with Crippen molar-refractivity contribution in [2.45, 2.75) is 0 Å². The molecule has 94 valence electrons. The number of nitrogen functional groups attached to an aromatic ring is 1. The van der Waals surface area contributed by atoms with Crippen molar-refractivity contribution in [3.63, 3.8) is 0 Å². The van der Waals surface area contributed by atoms with Gasteiger partial charge in [0, 0.05) is 17.4 Å². The molecule has 0 saturated heterocycles. The minimum atomic E-state index is 0.227. The van der Waals surface area contributed by atoms with Gasteiger partial charge in [0.2, 0.25) is 5.88 Å². The average Bonchev–Trinajstić information content (AvgIpc) is 2.83. The molecule has 1 aromatic carbocycles. The first-order valence-electron chi connectivity index (χ1n) is 5.54. The lowest BCUT2D eigenvalue weighted by Crippen LogP contribution is -1.91. The molecule has 6 heteroatoms. The second-order valence-corrected chi connectivity index (χ2v) is 4.29. The summed E-state index contributed by atoms with van der Waals surface area (Å²) < 4.78 is 5.05. The second-order valence-electron chi connectivity index (χ2n) is 3.85. The molecular formula is C13H9ClN4O. The first-order chi connectivity index (χ1) is 9.25. The lowest BCUT2D eigenvalue weighted by Gasteiger charge is -2.01. The van der Waals surface area contributed by atoms with Crippen LogP contribution in [0.3, 0.4) is 0 Å². The SMILES string of the molecule is Nc1onc(-c2ncccn2)c1-c1ccc(Cl)cc1. The van der Waals surface area contributed by atoms with Gasteiger partial charge in [-0.05, 0) is 23.8 Å². The zero-order chi connectivity index (χ0) is 13.2. The van der Waals surface area contributed by atoms with E-state index < -0.39 is 0 Å². The van der Waals surface area contributed by atoms with E-state index in [0.717, 1.165) is 5.56 Å². The summed E-state index contributed by atoms with van der Waals surface area (Å²) in [4.78, 5) is 8.30. The van der Waals surface area contributed by atoms with E-state index in [9.17, 15) is 0 Å². The highest BCUT2D eigenvalue weighted by Crippen LogP contribution is 2.34. The van der Waals surface area contributed by atoms with Crippen LogP contribution in [0.2, 0.25) is 5.02 Å². The molecule has 0 aliphatic rings. The molecule has 0 spiro atoms. The summed E-state index contributed by atoms with van der Waals surface area (Å²) in [6.07, 6.45) is 3.28. The monoisotopic (exact) mass is 272 g/mol. The van der Waals surface area contributed by atoms with E-state index in [0.29, 0.717) is 22.1 Å². The number of halogens is 1. The van der Waals surface area contributed by atoms with Gasteiger partial charge < -0.3 is 10.3 Å². The third-order valence-electron chi connectivity index (χ3n) is 2.63. The third-order valence-corrected chi connectivity index (χ3v) is 2.88. The van der Waals surface area contributed by atoms with Crippen LogP contribution in [0, 0.1) is 0 Å². The number of aromatic nitrogens is 3. The molecule has 0 aliphatic heterocycles. The Bertz CT molecular complexity index is 694. The Labute approximate surface area is 114 Å². The molecule has 3 rings (SSSR count). The Morgan fingerprint density at radius 1 is 1.05 bits per heavy atom. The van der Waals surface area contributed by atoms with Crippen LogP contribution in [-0.4, -0.2) is 15.1 Å². The van der Waals surface area contributed by atoms with Gasteiger partial charge in [0.15, 0.2) is 11.5 Å². The molecule has 0 fully saturated rings. The molecule has 0 radical (unpaired) electrons. The van der Waals surface area contributed by atoms with Crippen molar-refractivity contribution in [1.29, 1.82) is 0 Å². The van der Waals surface area contributed by atoms with Crippen LogP contribution >= 0.6 is 11.6 Å². The number of hydrogen-bond acceptors (Lipinski definition) is 5. The number of rotatable bonds is 2. The smallest absolute Gasteiger partial charge is 0.230 e. The predicted molar refractivity (Wildman–Crippen MR) is 72.4 cm³/mol. The van der Waals surface area contributed by atoms with E-state index in [1.54, 1.807) is 30.6 Å². The summed E-state index contributed by atoms with van der Waals surface area (Å²) in [5, 5.41) is 4.58. The first kappa shape index (κ1) is 11.7. The van der Waals surface area contributed by atoms with Crippen LogP contribution < -0.4 is 5.73 Å². The van der Waals surface area contributed by atoms with Crippen molar-refractivity contribution in [3.8, 4) is 22.6 Å². The van der Waals surface area contributed by atoms with Gasteiger partial charge >= 0.3 is 0 Å². The van der Waals surface area contributed by atoms with Crippen molar-refractivity contribution in [2.75, 3.05) is 5.73 Å². The molecule has 2 N–H and O–H groups in total. The minimum absolute atomic E-state index is 0.227. The van der Waals surface area contributed by atoms with E-state index in [1.165, 1.54) is 0 Å². The molecule has 0 amide bonds. The maximum atomic E-state index is 5.87. The molecule has 2 aromatic heterocycles. The minimum Gasteiger partial charge on any atom is -0.367 e. The average molecular weight is 273 g/mol. The molecule has 5 nitrogen and oxygen atoms in total. The number of anilines is 1. The van der Waals surface area contributed by atoms with Crippen molar-refractivity contribution in [2.24, 2.45) is 0 Å². The molecule has 2 heterocycles. The number of nitrogens with zero attached hydrogens (tertiary/aromatic N) is 3. The zero-order valence-electron chi connectivity index (χ0n) is 9.75. The van der Waals surface area contributed by atoms with Gasteiger partial charge in [-0.3, -0.25) is 0 Å². The van der Waals surface area contributed by atoms with E-state index >= 15 is 0 Å². The van der Waals surface area contributed by atoms with Crippen LogP contribution in [-0.2, 0) is 0 Å². The van der Waals surface area contributed by atoms with Gasteiger partial charge in [-0.2, -0.15) is 0 Å². The van der Waals surface area contributed by atoms with Crippen LogP contribution in [0.5, 0.6) is 0 Å². The van der Waals surface area contributed by atoms with Crippen molar-refractivity contribution in [3.05, 3.63) is 47.7 Å². The largest absolute Gasteiger partial charge is 0.367 e. The van der Waals surface area contributed by atoms with E-state index in [-0.39, 0.29) is 5.88 Å². The molecule has 0 saturated carbocycles. The Balaban J connectivity index is 2.17. The normalized spacial score (nSPS) is 10.6. The van der Waals surface area contributed by atoms with Crippen molar-refractivity contribution in [1.82, 2.24) is 15.1 Å². The Kier molecular flexibility index (Phi) is 2.89. The summed E-state index contributed by atoms with van der Waals surface area (Å²) in [5.41, 5.74) is 7.87. The van der Waals surface area contributed by atoms with E-state index in [1.807, 2.05) is 12.1 Å². The fourth-order valence-corrected chi connectivity index (χ4v) is 1.90. The quantitative estimate of drug-likeness (QED) is 0.776. The molecule has 19 heavy (non-hydrogen) atoms. The molecule has 0 aliphatic carbocycles. The maximum absolute atomic E-state index is 5.87. The van der Waals surface area contributed by atoms with Gasteiger partial charge in [0.05, 0.1) is 5.56 Å². The standard InChI is InChI=1S/C13H9ClN4O/c14-9-4-2-8(3-5-9)10-11(18-19-12(10)15)13-16-6-1-7-17-13/h1-7H,15H2. The summed E-state index contributed by atoms with van der Waals surface area (Å²) in [6.45, 7) is 0. The topological polar surface area (TPSA) is 77.8 Å². The Hall–Kier alpha value is -2.40. The van der Waals surface area contributed by atoms with Gasteiger partial charge in [-0.1, -0.05) is 28.9 Å². The van der Waals surface area contributed by atoms with Gasteiger partial charge in [-0.15, -0.1) is 0 Å². The summed E-state index contributed by atoms with van der Waals surface area (Å²) in [7, 11) is 0. The van der Waals surface area contributed by atoms with Gasteiger partial charge in [0.25, 0.3) is 0 Å². The van der Waals surface area contributed by atoms with Crippen LogP contribution in [0.25, 0.3) is 22.6 Å². The fourth-order valence-electron chi connectivity index (χ4n) is 1.77. The van der Waals surface area contributed by atoms with Crippen LogP contribution in [0.1, 0.15) is 0 Å². The fraction of sp³-hybridized carbons (Fsp3) is 0. The molecular weight excluding hydrogens is 264 g/mol.